The highest BCUT2D eigenvalue weighted by atomic mass is 35.5. The molecule has 1 aromatic carbocycles. The lowest BCUT2D eigenvalue weighted by molar-refractivity contribution is -0.127. The average molecular weight is 407 g/mol. The van der Waals surface area contributed by atoms with Crippen LogP contribution in [-0.4, -0.2) is 69.1 Å². The number of hydrogen-bond donors (Lipinski definition) is 1. The summed E-state index contributed by atoms with van der Waals surface area (Å²) in [6.07, 6.45) is 2.37. The highest BCUT2D eigenvalue weighted by Gasteiger charge is 2.10. The first-order valence-corrected chi connectivity index (χ1v) is 9.44. The van der Waals surface area contributed by atoms with E-state index in [0.29, 0.717) is 36.4 Å². The molecule has 0 atom stereocenters. The Hall–Kier alpha value is -2.67. The number of rotatable bonds is 9. The molecule has 7 nitrogen and oxygen atoms in total. The van der Waals surface area contributed by atoms with Gasteiger partial charge in [0.15, 0.2) is 5.96 Å². The third-order valence-electron chi connectivity index (χ3n) is 3.95. The maximum absolute atomic E-state index is 11.9. The number of guanidine groups is 1. The summed E-state index contributed by atoms with van der Waals surface area (Å²) in [6, 6.07) is 11.1. The summed E-state index contributed by atoms with van der Waals surface area (Å²) in [5.41, 5.74) is 0. The molecule has 2 aromatic rings. The van der Waals surface area contributed by atoms with E-state index in [1.54, 1.807) is 32.5 Å². The van der Waals surface area contributed by atoms with Gasteiger partial charge in [0.2, 0.25) is 5.91 Å². The summed E-state index contributed by atoms with van der Waals surface area (Å²) in [5.74, 6) is 2.18. The zero-order valence-electron chi connectivity index (χ0n) is 16.5. The molecule has 0 aliphatic rings. The van der Waals surface area contributed by atoms with Gasteiger partial charge in [-0.05, 0) is 30.3 Å². The Bertz CT molecular complexity index is 763. The second-order valence-electron chi connectivity index (χ2n) is 6.41. The number of benzene rings is 1. The molecule has 0 aliphatic heterocycles. The van der Waals surface area contributed by atoms with Crippen LogP contribution in [-0.2, 0) is 11.2 Å². The Labute approximate surface area is 170 Å². The van der Waals surface area contributed by atoms with Gasteiger partial charge in [0.25, 0.3) is 0 Å². The minimum absolute atomic E-state index is 0.0612. The van der Waals surface area contributed by atoms with Crippen LogP contribution in [0.15, 0.2) is 52.1 Å². The molecule has 0 saturated heterocycles. The van der Waals surface area contributed by atoms with Gasteiger partial charge in [-0.2, -0.15) is 0 Å². The Balaban J connectivity index is 1.89. The highest BCUT2D eigenvalue weighted by Crippen LogP contribution is 2.16. The van der Waals surface area contributed by atoms with Crippen LogP contribution in [0.3, 0.4) is 0 Å². The number of nitrogens with zero attached hydrogens (tertiary/aromatic N) is 3. The van der Waals surface area contributed by atoms with E-state index in [1.165, 1.54) is 4.90 Å². The zero-order valence-corrected chi connectivity index (χ0v) is 17.3. The van der Waals surface area contributed by atoms with Gasteiger partial charge in [-0.25, -0.2) is 4.99 Å². The number of likely N-dealkylation sites (N-methyl/N-ethyl adjacent to an activating group) is 2. The van der Waals surface area contributed by atoms with Crippen molar-refractivity contribution in [2.75, 3.05) is 47.4 Å². The standard InChI is InChI=1S/C20H27ClN4O3/c1-24(2)19(26)15-23-20(22-10-9-17-8-5-12-27-17)25(3)11-13-28-18-7-4-6-16(21)14-18/h4-8,12,14H,9-11,13,15H2,1-3H3,(H,22,23). The largest absolute Gasteiger partial charge is 0.492 e. The van der Waals surface area contributed by atoms with Crippen molar-refractivity contribution >= 4 is 23.5 Å². The van der Waals surface area contributed by atoms with E-state index < -0.39 is 0 Å². The minimum atomic E-state index is -0.0612. The van der Waals surface area contributed by atoms with Crippen molar-refractivity contribution in [1.82, 2.24) is 15.1 Å². The molecule has 28 heavy (non-hydrogen) atoms. The maximum Gasteiger partial charge on any atom is 0.243 e. The second kappa shape index (κ2) is 11.2. The van der Waals surface area contributed by atoms with E-state index in [0.717, 1.165) is 12.2 Å². The molecule has 1 aromatic heterocycles. The molecule has 0 unspecified atom stereocenters. The third kappa shape index (κ3) is 7.52. The van der Waals surface area contributed by atoms with Gasteiger partial charge >= 0.3 is 0 Å². The fraction of sp³-hybridized carbons (Fsp3) is 0.400. The van der Waals surface area contributed by atoms with Gasteiger partial charge in [-0.3, -0.25) is 4.79 Å². The van der Waals surface area contributed by atoms with Gasteiger partial charge in [0.1, 0.15) is 24.7 Å². The Morgan fingerprint density at radius 2 is 2.07 bits per heavy atom. The van der Waals surface area contributed by atoms with Crippen LogP contribution in [0.25, 0.3) is 0 Å². The first-order valence-electron chi connectivity index (χ1n) is 9.06. The molecule has 0 saturated carbocycles. The molecule has 1 amide bonds. The Morgan fingerprint density at radius 3 is 2.75 bits per heavy atom. The number of ether oxygens (including phenoxy) is 1. The first-order chi connectivity index (χ1) is 13.5. The average Bonchev–Trinajstić information content (AvgIpc) is 3.17. The van der Waals surface area contributed by atoms with Crippen molar-refractivity contribution in [3.8, 4) is 5.75 Å². The van der Waals surface area contributed by atoms with Crippen LogP contribution in [0, 0.1) is 0 Å². The Kier molecular flexibility index (Phi) is 8.68. The number of aliphatic imine (C=N–C) groups is 1. The molecule has 2 rings (SSSR count). The second-order valence-corrected chi connectivity index (χ2v) is 6.85. The Morgan fingerprint density at radius 1 is 1.25 bits per heavy atom. The molecule has 0 fully saturated rings. The van der Waals surface area contributed by atoms with E-state index in [2.05, 4.69) is 10.3 Å². The lowest BCUT2D eigenvalue weighted by Crippen LogP contribution is -2.42. The number of carbonyl (C=O) groups excluding carboxylic acids is 1. The first kappa shape index (κ1) is 21.6. The normalized spacial score (nSPS) is 11.2. The van der Waals surface area contributed by atoms with Crippen molar-refractivity contribution < 1.29 is 13.9 Å². The predicted molar refractivity (Wildman–Crippen MR) is 111 cm³/mol. The van der Waals surface area contributed by atoms with Crippen LogP contribution in [0.1, 0.15) is 5.76 Å². The molecule has 152 valence electrons. The number of halogens is 1. The van der Waals surface area contributed by atoms with E-state index in [-0.39, 0.29) is 12.5 Å². The number of hydrogen-bond acceptors (Lipinski definition) is 4. The van der Waals surface area contributed by atoms with Gasteiger partial charge in [-0.1, -0.05) is 17.7 Å². The van der Waals surface area contributed by atoms with Crippen LogP contribution in [0.5, 0.6) is 5.75 Å². The van der Waals surface area contributed by atoms with Gasteiger partial charge < -0.3 is 24.3 Å². The van der Waals surface area contributed by atoms with Gasteiger partial charge in [0.05, 0.1) is 12.8 Å². The summed E-state index contributed by atoms with van der Waals surface area (Å²) in [5, 5.41) is 3.91. The topological polar surface area (TPSA) is 70.3 Å². The smallest absolute Gasteiger partial charge is 0.243 e. The van der Waals surface area contributed by atoms with Crippen molar-refractivity contribution in [3.63, 3.8) is 0 Å². The molecule has 1 heterocycles. The highest BCUT2D eigenvalue weighted by molar-refractivity contribution is 6.30. The van der Waals surface area contributed by atoms with E-state index in [1.807, 2.05) is 36.2 Å². The zero-order chi connectivity index (χ0) is 20.4. The maximum atomic E-state index is 11.9. The molecular weight excluding hydrogens is 380 g/mol. The summed E-state index contributed by atoms with van der Waals surface area (Å²) in [6.45, 7) is 1.77. The molecule has 1 N–H and O–H groups in total. The van der Waals surface area contributed by atoms with Crippen LogP contribution in [0.2, 0.25) is 5.02 Å². The van der Waals surface area contributed by atoms with Gasteiger partial charge in [0, 0.05) is 39.1 Å². The fourth-order valence-electron chi connectivity index (χ4n) is 2.31. The lowest BCUT2D eigenvalue weighted by atomic mass is 10.3. The monoisotopic (exact) mass is 406 g/mol. The van der Waals surface area contributed by atoms with Crippen molar-refractivity contribution in [3.05, 3.63) is 53.4 Å². The molecule has 0 spiro atoms. The number of nitrogens with one attached hydrogen (secondary N) is 1. The number of amides is 1. The predicted octanol–water partition coefficient (Wildman–Crippen LogP) is 2.52. The molecular formula is C20H27ClN4O3. The van der Waals surface area contributed by atoms with E-state index in [4.69, 9.17) is 20.8 Å². The summed E-state index contributed by atoms with van der Waals surface area (Å²) < 4.78 is 11.1. The number of carbonyl (C=O) groups is 1. The minimum Gasteiger partial charge on any atom is -0.492 e. The summed E-state index contributed by atoms with van der Waals surface area (Å²) >= 11 is 5.97. The van der Waals surface area contributed by atoms with E-state index >= 15 is 0 Å². The SMILES string of the molecule is CN(C)C(=O)CN=C(NCCc1ccco1)N(C)CCOc1cccc(Cl)c1. The third-order valence-corrected chi connectivity index (χ3v) is 4.19. The molecule has 0 bridgehead atoms. The summed E-state index contributed by atoms with van der Waals surface area (Å²) in [7, 11) is 5.33. The molecule has 8 heteroatoms. The van der Waals surface area contributed by atoms with Crippen molar-refractivity contribution in [1.29, 1.82) is 0 Å². The fourth-order valence-corrected chi connectivity index (χ4v) is 2.49. The van der Waals surface area contributed by atoms with Crippen molar-refractivity contribution in [2.45, 2.75) is 6.42 Å². The molecule has 0 radical (unpaired) electrons. The lowest BCUT2D eigenvalue weighted by Gasteiger charge is -2.23. The van der Waals surface area contributed by atoms with E-state index in [9.17, 15) is 4.79 Å². The van der Waals surface area contributed by atoms with Crippen molar-refractivity contribution in [2.24, 2.45) is 4.99 Å². The molecule has 0 aliphatic carbocycles. The summed E-state index contributed by atoms with van der Waals surface area (Å²) in [4.78, 5) is 19.8. The van der Waals surface area contributed by atoms with Crippen LogP contribution in [0.4, 0.5) is 0 Å². The number of furan rings is 1. The van der Waals surface area contributed by atoms with Crippen LogP contribution < -0.4 is 10.1 Å². The van der Waals surface area contributed by atoms with Crippen LogP contribution >= 0.6 is 11.6 Å². The van der Waals surface area contributed by atoms with Gasteiger partial charge in [-0.15, -0.1) is 0 Å². The quantitative estimate of drug-likeness (QED) is 0.512.